The van der Waals surface area contributed by atoms with Gasteiger partial charge in [-0.25, -0.2) is 9.37 Å². The molecule has 2 aromatic rings. The second-order valence-electron chi connectivity index (χ2n) is 3.96. The molecule has 0 saturated carbocycles. The van der Waals surface area contributed by atoms with Crippen molar-refractivity contribution in [3.63, 3.8) is 0 Å². The smallest absolute Gasteiger partial charge is 0.219 e. The minimum atomic E-state index is -0.638. The number of nitriles is 1. The molecule has 19 heavy (non-hydrogen) atoms. The van der Waals surface area contributed by atoms with E-state index in [1.54, 1.807) is 25.1 Å². The first-order valence-electron chi connectivity index (χ1n) is 5.61. The highest BCUT2D eigenvalue weighted by atomic mass is 19.1. The summed E-state index contributed by atoms with van der Waals surface area (Å²) in [6, 6.07) is 8.95. The maximum absolute atomic E-state index is 13.4. The molecule has 2 rings (SSSR count). The van der Waals surface area contributed by atoms with Gasteiger partial charge in [0.05, 0.1) is 11.7 Å². The molecule has 1 N–H and O–H groups in total. The van der Waals surface area contributed by atoms with Crippen molar-refractivity contribution in [2.24, 2.45) is 0 Å². The van der Waals surface area contributed by atoms with Crippen LogP contribution in [0.4, 0.5) is 4.39 Å². The van der Waals surface area contributed by atoms with Gasteiger partial charge in [0.15, 0.2) is 0 Å². The molecule has 0 radical (unpaired) electrons. The predicted octanol–water partition coefficient (Wildman–Crippen LogP) is 2.94. The minimum Gasteiger partial charge on any atom is -0.439 e. The number of rotatable bonds is 3. The van der Waals surface area contributed by atoms with Gasteiger partial charge >= 0.3 is 0 Å². The van der Waals surface area contributed by atoms with Crippen molar-refractivity contribution in [2.75, 3.05) is 0 Å². The highest BCUT2D eigenvalue weighted by Crippen LogP contribution is 2.22. The zero-order valence-corrected chi connectivity index (χ0v) is 10.2. The van der Waals surface area contributed by atoms with Gasteiger partial charge in [0.25, 0.3) is 0 Å². The largest absolute Gasteiger partial charge is 0.439 e. The first-order valence-corrected chi connectivity index (χ1v) is 5.61. The van der Waals surface area contributed by atoms with Gasteiger partial charge in [-0.15, -0.1) is 0 Å². The molecule has 1 heterocycles. The number of aliphatic hydroxyl groups excluding tert-OH is 1. The topological polar surface area (TPSA) is 66.1 Å². The molecule has 0 aliphatic carbocycles. The van der Waals surface area contributed by atoms with Crippen molar-refractivity contribution < 1.29 is 14.2 Å². The average molecular weight is 258 g/mol. The fraction of sp³-hybridized carbons (Fsp3) is 0.143. The Bertz CT molecular complexity index is 618. The van der Waals surface area contributed by atoms with Crippen LogP contribution in [0.15, 0.2) is 36.5 Å². The summed E-state index contributed by atoms with van der Waals surface area (Å²) >= 11 is 0. The number of hydrogen-bond acceptors (Lipinski definition) is 4. The van der Waals surface area contributed by atoms with E-state index in [1.807, 2.05) is 0 Å². The molecule has 96 valence electrons. The van der Waals surface area contributed by atoms with Crippen LogP contribution in [0.2, 0.25) is 0 Å². The molecule has 4 nitrogen and oxygen atoms in total. The number of pyridine rings is 1. The van der Waals surface area contributed by atoms with E-state index in [0.29, 0.717) is 5.56 Å². The van der Waals surface area contributed by atoms with Gasteiger partial charge in [-0.3, -0.25) is 0 Å². The second kappa shape index (κ2) is 5.46. The monoisotopic (exact) mass is 258 g/mol. The molecule has 1 unspecified atom stereocenters. The number of aliphatic hydroxyl groups is 1. The molecule has 0 amide bonds. The van der Waals surface area contributed by atoms with Crippen LogP contribution in [0.1, 0.15) is 24.2 Å². The van der Waals surface area contributed by atoms with E-state index in [1.165, 1.54) is 18.3 Å². The lowest BCUT2D eigenvalue weighted by Gasteiger charge is -2.07. The van der Waals surface area contributed by atoms with E-state index in [-0.39, 0.29) is 17.2 Å². The van der Waals surface area contributed by atoms with Gasteiger partial charge in [0, 0.05) is 18.3 Å². The Kier molecular flexibility index (Phi) is 3.74. The summed E-state index contributed by atoms with van der Waals surface area (Å²) in [5.74, 6) is -0.0945. The first kappa shape index (κ1) is 13.0. The van der Waals surface area contributed by atoms with Gasteiger partial charge in [-0.1, -0.05) is 0 Å². The molecule has 1 atom stereocenters. The van der Waals surface area contributed by atoms with Crippen LogP contribution in [-0.2, 0) is 0 Å². The van der Waals surface area contributed by atoms with Crippen LogP contribution in [0, 0.1) is 17.1 Å². The minimum absolute atomic E-state index is 0.0373. The van der Waals surface area contributed by atoms with Crippen LogP contribution in [0.25, 0.3) is 0 Å². The first-order chi connectivity index (χ1) is 9.10. The summed E-state index contributed by atoms with van der Waals surface area (Å²) in [6.45, 7) is 1.63. The van der Waals surface area contributed by atoms with Gasteiger partial charge in [0.2, 0.25) is 5.88 Å². The van der Waals surface area contributed by atoms with Gasteiger partial charge in [0.1, 0.15) is 17.6 Å². The van der Waals surface area contributed by atoms with Crippen LogP contribution in [0.5, 0.6) is 11.6 Å². The van der Waals surface area contributed by atoms with Crippen molar-refractivity contribution in [3.05, 3.63) is 53.5 Å². The summed E-state index contributed by atoms with van der Waals surface area (Å²) in [5, 5.41) is 18.0. The Morgan fingerprint density at radius 2 is 2.16 bits per heavy atom. The molecular weight excluding hydrogens is 247 g/mol. The maximum Gasteiger partial charge on any atom is 0.219 e. The predicted molar refractivity (Wildman–Crippen MR) is 66.1 cm³/mol. The van der Waals surface area contributed by atoms with Gasteiger partial charge in [-0.2, -0.15) is 5.26 Å². The van der Waals surface area contributed by atoms with Crippen molar-refractivity contribution in [1.29, 1.82) is 5.26 Å². The lowest BCUT2D eigenvalue weighted by atomic mass is 10.2. The summed E-state index contributed by atoms with van der Waals surface area (Å²) in [4.78, 5) is 4.00. The van der Waals surface area contributed by atoms with E-state index >= 15 is 0 Å². The molecule has 0 bridgehead atoms. The molecule has 0 spiro atoms. The van der Waals surface area contributed by atoms with Crippen molar-refractivity contribution in [2.45, 2.75) is 13.0 Å². The molecule has 5 heteroatoms. The highest BCUT2D eigenvalue weighted by Gasteiger charge is 2.06. The molecule has 0 aliphatic heterocycles. The third-order valence-corrected chi connectivity index (χ3v) is 2.53. The Balaban J connectivity index is 2.17. The van der Waals surface area contributed by atoms with E-state index in [2.05, 4.69) is 4.98 Å². The lowest BCUT2D eigenvalue weighted by molar-refractivity contribution is 0.198. The summed E-state index contributed by atoms with van der Waals surface area (Å²) in [7, 11) is 0. The Morgan fingerprint density at radius 3 is 2.68 bits per heavy atom. The maximum atomic E-state index is 13.4. The van der Waals surface area contributed by atoms with Crippen LogP contribution in [-0.4, -0.2) is 10.1 Å². The van der Waals surface area contributed by atoms with Crippen molar-refractivity contribution >= 4 is 0 Å². The van der Waals surface area contributed by atoms with Gasteiger partial charge in [-0.05, 0) is 30.7 Å². The number of ether oxygens (including phenoxy) is 1. The summed E-state index contributed by atoms with van der Waals surface area (Å²) in [6.07, 6.45) is 0.883. The standard InChI is InChI=1S/C14H11FN2O2/c1-9(18)11-3-5-14(17-8-11)19-12-4-2-10(7-16)13(15)6-12/h2-6,8-9,18H,1H3. The Morgan fingerprint density at radius 1 is 1.37 bits per heavy atom. The number of hydrogen-bond donors (Lipinski definition) is 1. The van der Waals surface area contributed by atoms with E-state index in [9.17, 15) is 9.50 Å². The highest BCUT2D eigenvalue weighted by molar-refractivity contribution is 5.37. The summed E-state index contributed by atoms with van der Waals surface area (Å²) in [5.41, 5.74) is 0.628. The van der Waals surface area contributed by atoms with E-state index < -0.39 is 11.9 Å². The summed E-state index contributed by atoms with van der Waals surface area (Å²) < 4.78 is 18.7. The zero-order valence-electron chi connectivity index (χ0n) is 10.2. The van der Waals surface area contributed by atoms with Crippen molar-refractivity contribution in [3.8, 4) is 17.7 Å². The Labute approximate surface area is 109 Å². The fourth-order valence-electron chi connectivity index (χ4n) is 1.47. The normalized spacial score (nSPS) is 11.7. The number of aromatic nitrogens is 1. The molecule has 1 aromatic heterocycles. The SMILES string of the molecule is CC(O)c1ccc(Oc2ccc(C#N)c(F)c2)nc1. The number of nitrogens with zero attached hydrogens (tertiary/aromatic N) is 2. The van der Waals surface area contributed by atoms with Crippen LogP contribution >= 0.6 is 0 Å². The number of halogens is 1. The quantitative estimate of drug-likeness (QED) is 0.919. The second-order valence-corrected chi connectivity index (χ2v) is 3.96. The zero-order chi connectivity index (χ0) is 13.8. The van der Waals surface area contributed by atoms with Crippen LogP contribution < -0.4 is 4.74 Å². The number of benzene rings is 1. The molecule has 1 aromatic carbocycles. The Hall–Kier alpha value is -2.45. The third kappa shape index (κ3) is 3.06. The average Bonchev–Trinajstić information content (AvgIpc) is 2.39. The van der Waals surface area contributed by atoms with Crippen molar-refractivity contribution in [1.82, 2.24) is 4.98 Å². The van der Waals surface area contributed by atoms with Crippen LogP contribution in [0.3, 0.4) is 0 Å². The third-order valence-electron chi connectivity index (χ3n) is 2.53. The fourth-order valence-corrected chi connectivity index (χ4v) is 1.47. The molecule has 0 fully saturated rings. The molecule has 0 saturated heterocycles. The van der Waals surface area contributed by atoms with E-state index in [0.717, 1.165) is 6.07 Å². The molecule has 0 aliphatic rings. The lowest BCUT2D eigenvalue weighted by Crippen LogP contribution is -1.94. The van der Waals surface area contributed by atoms with E-state index in [4.69, 9.17) is 10.00 Å². The molecular formula is C14H11FN2O2. The van der Waals surface area contributed by atoms with Gasteiger partial charge < -0.3 is 9.84 Å².